The van der Waals surface area contributed by atoms with Crippen molar-refractivity contribution in [3.63, 3.8) is 0 Å². The van der Waals surface area contributed by atoms with Crippen LogP contribution in [0.15, 0.2) is 54.6 Å². The monoisotopic (exact) mass is 407 g/mol. The Morgan fingerprint density at radius 3 is 2.37 bits per heavy atom. The van der Waals surface area contributed by atoms with E-state index in [0.717, 1.165) is 33.4 Å². The molecule has 0 saturated carbocycles. The Morgan fingerprint density at radius 1 is 0.967 bits per heavy atom. The SMILES string of the molecule is COc1cc(OC)cc(-c2ccc3cc(C(=O)N[C@H]4CCOC[C@@H]4O)ccc3c2)c1. The molecule has 2 N–H and O–H groups in total. The average Bonchev–Trinajstić information content (AvgIpc) is 2.79. The highest BCUT2D eigenvalue weighted by atomic mass is 16.5. The first-order chi connectivity index (χ1) is 14.6. The summed E-state index contributed by atoms with van der Waals surface area (Å²) in [5, 5.41) is 14.9. The van der Waals surface area contributed by atoms with Crippen molar-refractivity contribution in [3.05, 3.63) is 60.2 Å². The van der Waals surface area contributed by atoms with Crippen molar-refractivity contribution in [2.75, 3.05) is 27.4 Å². The van der Waals surface area contributed by atoms with Gasteiger partial charge in [0.2, 0.25) is 0 Å². The van der Waals surface area contributed by atoms with Crippen molar-refractivity contribution < 1.29 is 24.1 Å². The van der Waals surface area contributed by atoms with Crippen LogP contribution in [-0.4, -0.2) is 50.6 Å². The van der Waals surface area contributed by atoms with Crippen LogP contribution in [0.4, 0.5) is 0 Å². The molecule has 1 heterocycles. The minimum absolute atomic E-state index is 0.190. The predicted octanol–water partition coefficient (Wildman–Crippen LogP) is 3.40. The standard InChI is InChI=1S/C24H25NO5/c1-28-20-11-19(12-21(13-20)29-2)17-4-3-16-10-18(6-5-15(16)9-17)24(27)25-22-7-8-30-14-23(22)26/h3-6,9-13,22-23,26H,7-8,14H2,1-2H3,(H,25,27)/t22-,23-/m0/s1. The Labute approximate surface area is 175 Å². The molecule has 156 valence electrons. The molecule has 4 rings (SSSR count). The molecule has 0 unspecified atom stereocenters. The Bertz CT molecular complexity index is 1040. The maximum absolute atomic E-state index is 12.6. The zero-order valence-electron chi connectivity index (χ0n) is 17.1. The van der Waals surface area contributed by atoms with E-state index in [0.29, 0.717) is 18.6 Å². The lowest BCUT2D eigenvalue weighted by atomic mass is 9.99. The molecule has 30 heavy (non-hydrogen) atoms. The average molecular weight is 407 g/mol. The predicted molar refractivity (Wildman–Crippen MR) is 115 cm³/mol. The van der Waals surface area contributed by atoms with E-state index in [1.54, 1.807) is 20.3 Å². The number of methoxy groups -OCH3 is 2. The summed E-state index contributed by atoms with van der Waals surface area (Å²) in [7, 11) is 3.26. The lowest BCUT2D eigenvalue weighted by Crippen LogP contribution is -2.48. The number of carbonyl (C=O) groups is 1. The second kappa shape index (κ2) is 8.73. The lowest BCUT2D eigenvalue weighted by molar-refractivity contribution is -0.0260. The van der Waals surface area contributed by atoms with Gasteiger partial charge >= 0.3 is 0 Å². The summed E-state index contributed by atoms with van der Waals surface area (Å²) >= 11 is 0. The van der Waals surface area contributed by atoms with Gasteiger partial charge < -0.3 is 24.6 Å². The summed E-state index contributed by atoms with van der Waals surface area (Å²) in [4.78, 5) is 12.6. The fourth-order valence-electron chi connectivity index (χ4n) is 3.68. The molecule has 3 aromatic rings. The number of hydrogen-bond acceptors (Lipinski definition) is 5. The minimum atomic E-state index is -0.675. The first kappa shape index (κ1) is 20.2. The normalized spacial score (nSPS) is 18.8. The van der Waals surface area contributed by atoms with Crippen LogP contribution >= 0.6 is 0 Å². The maximum atomic E-state index is 12.6. The summed E-state index contributed by atoms with van der Waals surface area (Å²) < 4.78 is 16.0. The summed E-state index contributed by atoms with van der Waals surface area (Å²) in [5.74, 6) is 1.27. The zero-order chi connectivity index (χ0) is 21.1. The number of benzene rings is 3. The van der Waals surface area contributed by atoms with Crippen LogP contribution < -0.4 is 14.8 Å². The Hall–Kier alpha value is -3.09. The largest absolute Gasteiger partial charge is 0.497 e. The zero-order valence-corrected chi connectivity index (χ0v) is 17.1. The molecular formula is C24H25NO5. The van der Waals surface area contributed by atoms with Crippen molar-refractivity contribution >= 4 is 16.7 Å². The van der Waals surface area contributed by atoms with Crippen LogP contribution in [0.25, 0.3) is 21.9 Å². The molecule has 0 radical (unpaired) electrons. The van der Waals surface area contributed by atoms with Crippen molar-refractivity contribution in [1.82, 2.24) is 5.32 Å². The topological polar surface area (TPSA) is 77.0 Å². The summed E-state index contributed by atoms with van der Waals surface area (Å²) in [6, 6.07) is 17.2. The highest BCUT2D eigenvalue weighted by Gasteiger charge is 2.25. The third kappa shape index (κ3) is 4.25. The summed E-state index contributed by atoms with van der Waals surface area (Å²) in [5.41, 5.74) is 2.59. The van der Waals surface area contributed by atoms with E-state index in [-0.39, 0.29) is 18.6 Å². The van der Waals surface area contributed by atoms with Crippen LogP contribution in [0.1, 0.15) is 16.8 Å². The first-order valence-electron chi connectivity index (χ1n) is 9.91. The van der Waals surface area contributed by atoms with Gasteiger partial charge in [-0.1, -0.05) is 18.2 Å². The van der Waals surface area contributed by atoms with Gasteiger partial charge in [-0.25, -0.2) is 0 Å². The fourth-order valence-corrected chi connectivity index (χ4v) is 3.68. The van der Waals surface area contributed by atoms with Gasteiger partial charge in [-0.2, -0.15) is 0 Å². The van der Waals surface area contributed by atoms with Crippen LogP contribution in [0.5, 0.6) is 11.5 Å². The molecule has 0 spiro atoms. The van der Waals surface area contributed by atoms with Crippen molar-refractivity contribution in [2.24, 2.45) is 0 Å². The van der Waals surface area contributed by atoms with Gasteiger partial charge in [0.05, 0.1) is 33.0 Å². The van der Waals surface area contributed by atoms with Gasteiger partial charge in [0.15, 0.2) is 0 Å². The second-order valence-electron chi connectivity index (χ2n) is 7.39. The van der Waals surface area contributed by atoms with Crippen molar-refractivity contribution in [1.29, 1.82) is 0 Å². The molecular weight excluding hydrogens is 382 g/mol. The van der Waals surface area contributed by atoms with E-state index in [1.807, 2.05) is 42.5 Å². The van der Waals surface area contributed by atoms with E-state index in [2.05, 4.69) is 11.4 Å². The Morgan fingerprint density at radius 2 is 1.67 bits per heavy atom. The number of hydrogen-bond donors (Lipinski definition) is 2. The maximum Gasteiger partial charge on any atom is 0.251 e. The summed E-state index contributed by atoms with van der Waals surface area (Å²) in [6.07, 6.45) is -0.0704. The number of aliphatic hydroxyl groups is 1. The van der Waals surface area contributed by atoms with Gasteiger partial charge in [0, 0.05) is 18.2 Å². The van der Waals surface area contributed by atoms with Crippen LogP contribution in [0.2, 0.25) is 0 Å². The minimum Gasteiger partial charge on any atom is -0.497 e. The Balaban J connectivity index is 1.59. The molecule has 3 aromatic carbocycles. The molecule has 1 aliphatic rings. The van der Waals surface area contributed by atoms with Gasteiger partial charge in [-0.15, -0.1) is 0 Å². The third-order valence-electron chi connectivity index (χ3n) is 5.43. The highest BCUT2D eigenvalue weighted by Crippen LogP contribution is 2.31. The molecule has 1 aliphatic heterocycles. The molecule has 0 aliphatic carbocycles. The molecule has 1 amide bonds. The number of fused-ring (bicyclic) bond motifs is 1. The number of nitrogens with one attached hydrogen (secondary N) is 1. The van der Waals surface area contributed by atoms with Gasteiger partial charge in [0.25, 0.3) is 5.91 Å². The molecule has 1 fully saturated rings. The summed E-state index contributed by atoms with van der Waals surface area (Å²) in [6.45, 7) is 0.790. The van der Waals surface area contributed by atoms with E-state index < -0.39 is 6.10 Å². The van der Waals surface area contributed by atoms with Crippen molar-refractivity contribution in [3.8, 4) is 22.6 Å². The van der Waals surface area contributed by atoms with Crippen LogP contribution in [0.3, 0.4) is 0 Å². The number of rotatable bonds is 5. The molecule has 0 bridgehead atoms. The first-order valence-corrected chi connectivity index (χ1v) is 9.91. The molecule has 1 saturated heterocycles. The van der Waals surface area contributed by atoms with E-state index in [4.69, 9.17) is 14.2 Å². The van der Waals surface area contributed by atoms with E-state index in [9.17, 15) is 9.90 Å². The quantitative estimate of drug-likeness (QED) is 0.678. The van der Waals surface area contributed by atoms with E-state index in [1.165, 1.54) is 0 Å². The molecule has 6 heteroatoms. The van der Waals surface area contributed by atoms with Gasteiger partial charge in [-0.3, -0.25) is 4.79 Å². The number of amides is 1. The number of ether oxygens (including phenoxy) is 3. The Kier molecular flexibility index (Phi) is 5.88. The molecule has 0 aromatic heterocycles. The molecule has 6 nitrogen and oxygen atoms in total. The molecule has 2 atom stereocenters. The van der Waals surface area contributed by atoms with Crippen molar-refractivity contribution in [2.45, 2.75) is 18.6 Å². The number of aliphatic hydroxyl groups excluding tert-OH is 1. The smallest absolute Gasteiger partial charge is 0.251 e. The second-order valence-corrected chi connectivity index (χ2v) is 7.39. The number of carbonyl (C=O) groups excluding carboxylic acids is 1. The lowest BCUT2D eigenvalue weighted by Gasteiger charge is -2.28. The van der Waals surface area contributed by atoms with Gasteiger partial charge in [0.1, 0.15) is 11.5 Å². The van der Waals surface area contributed by atoms with Crippen LogP contribution in [0, 0.1) is 0 Å². The van der Waals surface area contributed by atoms with Crippen LogP contribution in [-0.2, 0) is 4.74 Å². The fraction of sp³-hybridized carbons (Fsp3) is 0.292. The highest BCUT2D eigenvalue weighted by molar-refractivity contribution is 5.99. The van der Waals surface area contributed by atoms with E-state index >= 15 is 0 Å². The van der Waals surface area contributed by atoms with Gasteiger partial charge in [-0.05, 0) is 58.7 Å². The third-order valence-corrected chi connectivity index (χ3v) is 5.43.